The van der Waals surface area contributed by atoms with E-state index >= 15 is 0 Å². The number of carboxylic acid groups (broad SMARTS) is 1. The second-order valence-corrected chi connectivity index (χ2v) is 4.49. The number of hydrogen-bond donors (Lipinski definition) is 3. The Hall–Kier alpha value is -2.30. The summed E-state index contributed by atoms with van der Waals surface area (Å²) in [5.41, 5.74) is 2.10. The van der Waals surface area contributed by atoms with Gasteiger partial charge in [0.05, 0.1) is 0 Å². The second-order valence-electron chi connectivity index (χ2n) is 4.49. The molecule has 1 unspecified atom stereocenters. The minimum absolute atomic E-state index is 0.250. The first kappa shape index (κ1) is 13.1. The fourth-order valence-electron chi connectivity index (χ4n) is 1.96. The SMILES string of the molecule is CC(NC(=O)CCc1c[nH]c2ccccc12)C(=O)O. The zero-order valence-electron chi connectivity index (χ0n) is 10.6. The molecule has 5 nitrogen and oxygen atoms in total. The number of amides is 1. The molecule has 100 valence electrons. The molecule has 5 heteroatoms. The van der Waals surface area contributed by atoms with Gasteiger partial charge in [0, 0.05) is 23.5 Å². The molecule has 1 heterocycles. The van der Waals surface area contributed by atoms with E-state index in [1.807, 2.05) is 30.5 Å². The number of carboxylic acids is 1. The molecular weight excluding hydrogens is 244 g/mol. The van der Waals surface area contributed by atoms with E-state index in [2.05, 4.69) is 10.3 Å². The van der Waals surface area contributed by atoms with Gasteiger partial charge in [0.15, 0.2) is 0 Å². The van der Waals surface area contributed by atoms with Gasteiger partial charge in [-0.2, -0.15) is 0 Å². The van der Waals surface area contributed by atoms with Crippen molar-refractivity contribution in [3.05, 3.63) is 36.0 Å². The maximum atomic E-state index is 11.6. The van der Waals surface area contributed by atoms with Crippen molar-refractivity contribution in [2.24, 2.45) is 0 Å². The Kier molecular flexibility index (Phi) is 3.85. The van der Waals surface area contributed by atoms with Crippen LogP contribution >= 0.6 is 0 Å². The molecule has 1 aromatic heterocycles. The standard InChI is InChI=1S/C14H16N2O3/c1-9(14(18)19)16-13(17)7-6-10-8-15-12-5-3-2-4-11(10)12/h2-5,8-9,15H,6-7H2,1H3,(H,16,17)(H,18,19). The number of H-pyrrole nitrogens is 1. The highest BCUT2D eigenvalue weighted by Gasteiger charge is 2.14. The van der Waals surface area contributed by atoms with Crippen LogP contribution in [0.4, 0.5) is 0 Å². The Bertz CT molecular complexity index is 604. The molecule has 2 aromatic rings. The van der Waals surface area contributed by atoms with E-state index in [1.165, 1.54) is 6.92 Å². The van der Waals surface area contributed by atoms with Crippen LogP contribution in [0.15, 0.2) is 30.5 Å². The first-order valence-electron chi connectivity index (χ1n) is 6.15. The van der Waals surface area contributed by atoms with E-state index in [0.29, 0.717) is 6.42 Å². The van der Waals surface area contributed by atoms with Gasteiger partial charge in [0.25, 0.3) is 0 Å². The Morgan fingerprint density at radius 2 is 2.11 bits per heavy atom. The van der Waals surface area contributed by atoms with Gasteiger partial charge in [0.1, 0.15) is 6.04 Å². The molecule has 0 aliphatic rings. The number of aliphatic carboxylic acids is 1. The molecule has 0 saturated heterocycles. The number of aryl methyl sites for hydroxylation is 1. The molecule has 2 rings (SSSR count). The summed E-state index contributed by atoms with van der Waals surface area (Å²) < 4.78 is 0. The van der Waals surface area contributed by atoms with Crippen molar-refractivity contribution in [1.82, 2.24) is 10.3 Å². The number of fused-ring (bicyclic) bond motifs is 1. The number of nitrogens with one attached hydrogen (secondary N) is 2. The van der Waals surface area contributed by atoms with Crippen LogP contribution in [0, 0.1) is 0 Å². The maximum absolute atomic E-state index is 11.6. The third-order valence-electron chi connectivity index (χ3n) is 3.04. The molecule has 1 atom stereocenters. The average molecular weight is 260 g/mol. The smallest absolute Gasteiger partial charge is 0.325 e. The highest BCUT2D eigenvalue weighted by molar-refractivity contribution is 5.85. The molecule has 0 saturated carbocycles. The van der Waals surface area contributed by atoms with Crippen LogP contribution in [0.3, 0.4) is 0 Å². The van der Waals surface area contributed by atoms with Gasteiger partial charge in [-0.3, -0.25) is 9.59 Å². The van der Waals surface area contributed by atoms with Crippen LogP contribution in [-0.4, -0.2) is 28.0 Å². The summed E-state index contributed by atoms with van der Waals surface area (Å²) in [6.07, 6.45) is 2.75. The van der Waals surface area contributed by atoms with Crippen LogP contribution in [0.2, 0.25) is 0 Å². The molecule has 1 aromatic carbocycles. The van der Waals surface area contributed by atoms with Crippen LogP contribution in [0.5, 0.6) is 0 Å². The Morgan fingerprint density at radius 1 is 1.37 bits per heavy atom. The summed E-state index contributed by atoms with van der Waals surface area (Å²) in [5.74, 6) is -1.28. The normalized spacial score (nSPS) is 12.3. The van der Waals surface area contributed by atoms with Crippen molar-refractivity contribution < 1.29 is 14.7 Å². The first-order chi connectivity index (χ1) is 9.08. The molecule has 3 N–H and O–H groups in total. The van der Waals surface area contributed by atoms with Crippen molar-refractivity contribution in [2.75, 3.05) is 0 Å². The number of carbonyl (C=O) groups excluding carboxylic acids is 1. The zero-order valence-corrected chi connectivity index (χ0v) is 10.6. The second kappa shape index (κ2) is 5.56. The van der Waals surface area contributed by atoms with Crippen molar-refractivity contribution in [1.29, 1.82) is 0 Å². The maximum Gasteiger partial charge on any atom is 0.325 e. The van der Waals surface area contributed by atoms with E-state index in [4.69, 9.17) is 5.11 Å². The van der Waals surface area contributed by atoms with E-state index in [0.717, 1.165) is 16.5 Å². The number of benzene rings is 1. The summed E-state index contributed by atoms with van der Waals surface area (Å²) in [6, 6.07) is 7.02. The van der Waals surface area contributed by atoms with E-state index < -0.39 is 12.0 Å². The topological polar surface area (TPSA) is 82.2 Å². The van der Waals surface area contributed by atoms with Gasteiger partial charge in [-0.25, -0.2) is 0 Å². The fraction of sp³-hybridized carbons (Fsp3) is 0.286. The fourth-order valence-corrected chi connectivity index (χ4v) is 1.96. The molecule has 0 fully saturated rings. The van der Waals surface area contributed by atoms with Gasteiger partial charge in [-0.05, 0) is 25.0 Å². The molecule has 0 aliphatic heterocycles. The van der Waals surface area contributed by atoms with Crippen molar-refractivity contribution in [3.8, 4) is 0 Å². The Labute approximate surface area is 110 Å². The predicted octanol–water partition coefficient (Wildman–Crippen LogP) is 1.69. The van der Waals surface area contributed by atoms with E-state index in [-0.39, 0.29) is 12.3 Å². The highest BCUT2D eigenvalue weighted by atomic mass is 16.4. The molecule has 19 heavy (non-hydrogen) atoms. The van der Waals surface area contributed by atoms with E-state index in [9.17, 15) is 9.59 Å². The quantitative estimate of drug-likeness (QED) is 0.765. The largest absolute Gasteiger partial charge is 0.480 e. The predicted molar refractivity (Wildman–Crippen MR) is 71.9 cm³/mol. The number of aromatic amines is 1. The van der Waals surface area contributed by atoms with Gasteiger partial charge in [-0.1, -0.05) is 18.2 Å². The lowest BCUT2D eigenvalue weighted by atomic mass is 10.1. The van der Waals surface area contributed by atoms with Crippen LogP contribution < -0.4 is 5.32 Å². The Morgan fingerprint density at radius 3 is 2.84 bits per heavy atom. The van der Waals surface area contributed by atoms with Gasteiger partial charge < -0.3 is 15.4 Å². The minimum Gasteiger partial charge on any atom is -0.480 e. The number of para-hydroxylation sites is 1. The summed E-state index contributed by atoms with van der Waals surface area (Å²) >= 11 is 0. The summed E-state index contributed by atoms with van der Waals surface area (Å²) in [7, 11) is 0. The molecule has 0 aliphatic carbocycles. The van der Waals surface area contributed by atoms with Crippen LogP contribution in [-0.2, 0) is 16.0 Å². The number of carbonyl (C=O) groups is 2. The van der Waals surface area contributed by atoms with Gasteiger partial charge in [-0.15, -0.1) is 0 Å². The monoisotopic (exact) mass is 260 g/mol. The summed E-state index contributed by atoms with van der Waals surface area (Å²) in [4.78, 5) is 25.4. The molecular formula is C14H16N2O3. The summed E-state index contributed by atoms with van der Waals surface area (Å²) in [6.45, 7) is 1.45. The lowest BCUT2D eigenvalue weighted by Crippen LogP contribution is -2.38. The van der Waals surface area contributed by atoms with E-state index in [1.54, 1.807) is 0 Å². The van der Waals surface area contributed by atoms with Crippen molar-refractivity contribution in [3.63, 3.8) is 0 Å². The van der Waals surface area contributed by atoms with Crippen LogP contribution in [0.1, 0.15) is 18.9 Å². The summed E-state index contributed by atoms with van der Waals surface area (Å²) in [5, 5.41) is 12.2. The lowest BCUT2D eigenvalue weighted by Gasteiger charge is -2.08. The van der Waals surface area contributed by atoms with Gasteiger partial charge >= 0.3 is 5.97 Å². The third-order valence-corrected chi connectivity index (χ3v) is 3.04. The number of rotatable bonds is 5. The molecule has 0 bridgehead atoms. The number of aromatic nitrogens is 1. The number of hydrogen-bond acceptors (Lipinski definition) is 2. The first-order valence-corrected chi connectivity index (χ1v) is 6.15. The van der Waals surface area contributed by atoms with Crippen molar-refractivity contribution >= 4 is 22.8 Å². The van der Waals surface area contributed by atoms with Crippen molar-refractivity contribution in [2.45, 2.75) is 25.8 Å². The highest BCUT2D eigenvalue weighted by Crippen LogP contribution is 2.18. The minimum atomic E-state index is -1.03. The van der Waals surface area contributed by atoms with Crippen LogP contribution in [0.25, 0.3) is 10.9 Å². The molecule has 0 spiro atoms. The van der Waals surface area contributed by atoms with Gasteiger partial charge in [0.2, 0.25) is 5.91 Å². The zero-order chi connectivity index (χ0) is 13.8. The molecule has 0 radical (unpaired) electrons. The average Bonchev–Trinajstić information content (AvgIpc) is 2.79. The Balaban J connectivity index is 1.95. The lowest BCUT2D eigenvalue weighted by molar-refractivity contribution is -0.141. The third kappa shape index (κ3) is 3.13. The molecule has 1 amide bonds.